The summed E-state index contributed by atoms with van der Waals surface area (Å²) in [6.07, 6.45) is -24.4. The zero-order chi connectivity index (χ0) is 27.4. The summed E-state index contributed by atoms with van der Waals surface area (Å²) in [6.45, 7) is 0. The topological polar surface area (TPSA) is 154 Å². The third-order valence-electron chi connectivity index (χ3n) is 3.52. The summed E-state index contributed by atoms with van der Waals surface area (Å²) in [5.74, 6) is -16.4. The van der Waals surface area contributed by atoms with Gasteiger partial charge in [0.1, 0.15) is 13.9 Å². The lowest BCUT2D eigenvalue weighted by Crippen LogP contribution is -2.53. The van der Waals surface area contributed by atoms with Crippen LogP contribution in [0.25, 0.3) is 0 Å². The van der Waals surface area contributed by atoms with Gasteiger partial charge in [0, 0.05) is 0 Å². The molecule has 186 valence electrons. The zero-order valence-corrected chi connectivity index (χ0v) is 16.9. The fourth-order valence-corrected chi connectivity index (χ4v) is 3.83. The first-order chi connectivity index (χ1) is 15.0. The van der Waals surface area contributed by atoms with Crippen LogP contribution in [0.4, 0.5) is 39.5 Å². The average molecular weight is 528 g/mol. The minimum atomic E-state index is -5.75. The number of ketones is 6. The summed E-state index contributed by atoms with van der Waals surface area (Å²) in [7, 11) is 0. The van der Waals surface area contributed by atoms with Crippen molar-refractivity contribution >= 4 is 62.8 Å². The molecule has 0 N–H and O–H groups in total. The number of Topliss-reactive ketones (excluding diaryl/α,β-unsaturated/α-hetero) is 6. The van der Waals surface area contributed by atoms with Crippen LogP contribution in [0.3, 0.4) is 0 Å². The average Bonchev–Trinajstić information content (AvgIpc) is 2.64. The van der Waals surface area contributed by atoms with Gasteiger partial charge in [0.15, 0.2) is 17.3 Å². The molecule has 0 heterocycles. The van der Waals surface area contributed by atoms with E-state index in [1.54, 1.807) is 0 Å². The Balaban J connectivity index is 6.13. The Hall–Kier alpha value is -3.07. The van der Waals surface area contributed by atoms with E-state index in [2.05, 4.69) is 0 Å². The molecule has 19 heteroatoms. The largest absolute Gasteiger partial charge is 0.586 e. The standard InChI is InChI=1S/3C5H2F3O3.Al/c3*6-5(7,8)4(11)1-3(10)2-9;/h3*1H2;. The van der Waals surface area contributed by atoms with Crippen LogP contribution < -0.4 is 0 Å². The maximum atomic E-state index is 12.2. The molecule has 0 aliphatic heterocycles. The van der Waals surface area contributed by atoms with Crippen molar-refractivity contribution < 1.29 is 82.7 Å². The van der Waals surface area contributed by atoms with Crippen LogP contribution in [0, 0.1) is 0 Å². The van der Waals surface area contributed by atoms with Gasteiger partial charge in [-0.15, -0.1) is 0 Å². The third-order valence-corrected chi connectivity index (χ3v) is 6.06. The number of alkyl halides is 9. The quantitative estimate of drug-likeness (QED) is 0.148. The fraction of sp³-hybridized carbons (Fsp3) is 0.400. The highest BCUT2D eigenvalue weighted by atomic mass is 27.2. The number of halogens is 9. The second kappa shape index (κ2) is 10.9. The van der Waals surface area contributed by atoms with Crippen molar-refractivity contribution in [3.05, 3.63) is 0 Å². The van der Waals surface area contributed by atoms with Gasteiger partial charge in [-0.05, 0) is 0 Å². The van der Waals surface area contributed by atoms with E-state index >= 15 is 0 Å². The molecule has 0 amide bonds. The second-order valence-electron chi connectivity index (χ2n) is 6.09. The Labute approximate surface area is 184 Å². The van der Waals surface area contributed by atoms with Gasteiger partial charge in [-0.2, -0.15) is 39.5 Å². The van der Waals surface area contributed by atoms with Gasteiger partial charge < -0.3 is 14.4 Å². The van der Waals surface area contributed by atoms with Gasteiger partial charge in [-0.3, -0.25) is 28.8 Å². The van der Waals surface area contributed by atoms with E-state index in [9.17, 15) is 82.7 Å². The molecule has 0 rings (SSSR count). The minimum absolute atomic E-state index is 2.39. The Bertz CT molecular complexity index is 850. The van der Waals surface area contributed by atoms with E-state index in [0.29, 0.717) is 0 Å². The monoisotopic (exact) mass is 528 g/mol. The van der Waals surface area contributed by atoms with Crippen molar-refractivity contribution in [1.82, 2.24) is 0 Å². The van der Waals surface area contributed by atoms with Crippen LogP contribution in [0.5, 0.6) is 0 Å². The minimum Gasteiger partial charge on any atom is -0.311 e. The molecule has 0 saturated carbocycles. The molecule has 0 aromatic heterocycles. The van der Waals surface area contributed by atoms with E-state index in [0.717, 1.165) is 0 Å². The van der Waals surface area contributed by atoms with Crippen LogP contribution in [-0.4, -0.2) is 81.3 Å². The van der Waals surface area contributed by atoms with Crippen molar-refractivity contribution in [1.29, 1.82) is 0 Å². The van der Waals surface area contributed by atoms with Crippen LogP contribution in [0.2, 0.25) is 0 Å². The molecular formula is C15H6AlF9O9. The zero-order valence-electron chi connectivity index (χ0n) is 15.8. The summed E-state index contributed by atoms with van der Waals surface area (Å²) in [6, 6.07) is 0. The molecule has 9 nitrogen and oxygen atoms in total. The Morgan fingerprint density at radius 2 is 0.588 bits per heavy atom. The molecule has 0 saturated heterocycles. The van der Waals surface area contributed by atoms with Crippen LogP contribution >= 0.6 is 0 Å². The fourth-order valence-electron chi connectivity index (χ4n) is 1.84. The van der Waals surface area contributed by atoms with Gasteiger partial charge in [0.2, 0.25) is 17.3 Å². The van der Waals surface area contributed by atoms with Crippen molar-refractivity contribution in [3.63, 3.8) is 0 Å². The van der Waals surface area contributed by atoms with Gasteiger partial charge in [0.25, 0.3) is 0 Å². The third kappa shape index (κ3) is 8.70. The van der Waals surface area contributed by atoms with Crippen LogP contribution in [0.15, 0.2) is 0 Å². The van der Waals surface area contributed by atoms with Crippen molar-refractivity contribution in [2.75, 3.05) is 0 Å². The van der Waals surface area contributed by atoms with Crippen LogP contribution in [0.1, 0.15) is 19.3 Å². The van der Waals surface area contributed by atoms with E-state index in [1.165, 1.54) is 0 Å². The van der Waals surface area contributed by atoms with Gasteiger partial charge in [-0.25, -0.2) is 0 Å². The molecule has 0 aliphatic rings. The molecule has 0 unspecified atom stereocenters. The molecule has 0 aromatic rings. The smallest absolute Gasteiger partial charge is 0.311 e. The Morgan fingerprint density at radius 1 is 0.412 bits per heavy atom. The molecule has 0 spiro atoms. The molecule has 0 atom stereocenters. The lowest BCUT2D eigenvalue weighted by molar-refractivity contribution is -0.172. The second-order valence-corrected chi connectivity index (χ2v) is 8.53. The number of rotatable bonds is 12. The first kappa shape index (κ1) is 30.9. The highest BCUT2D eigenvalue weighted by molar-refractivity contribution is 7.39. The number of hydrogen-bond donors (Lipinski definition) is 0. The molecule has 34 heavy (non-hydrogen) atoms. The summed E-state index contributed by atoms with van der Waals surface area (Å²) >= 11 is -5.55. The summed E-state index contributed by atoms with van der Waals surface area (Å²) < 4.78 is 102. The molecule has 0 radical (unpaired) electrons. The molecule has 0 aromatic carbocycles. The van der Waals surface area contributed by atoms with Crippen molar-refractivity contribution in [2.24, 2.45) is 0 Å². The summed E-state index contributed by atoms with van der Waals surface area (Å²) in [5.41, 5.74) is 0. The number of carbonyl (C=O) groups excluding carboxylic acids is 9. The molecule has 0 aliphatic carbocycles. The molecular weight excluding hydrogens is 522 g/mol. The van der Waals surface area contributed by atoms with Crippen LogP contribution in [-0.2, 0) is 43.2 Å². The maximum Gasteiger partial charge on any atom is 0.586 e. The lowest BCUT2D eigenvalue weighted by atomic mass is 10.2. The highest BCUT2D eigenvalue weighted by Gasteiger charge is 2.54. The van der Waals surface area contributed by atoms with Crippen molar-refractivity contribution in [3.8, 4) is 0 Å². The number of carbonyl (C=O) groups is 9. The summed E-state index contributed by atoms with van der Waals surface area (Å²) in [4.78, 5) is 103. The van der Waals surface area contributed by atoms with Gasteiger partial charge in [-0.1, -0.05) is 0 Å². The van der Waals surface area contributed by atoms with E-state index in [-0.39, 0.29) is 0 Å². The normalized spacial score (nSPS) is 11.9. The Kier molecular flexibility index (Phi) is 9.92. The maximum absolute atomic E-state index is 12.2. The summed E-state index contributed by atoms with van der Waals surface area (Å²) in [5, 5.41) is 0. The van der Waals surface area contributed by atoms with E-state index in [1.807, 2.05) is 0 Å². The first-order valence-corrected chi connectivity index (χ1v) is 9.76. The predicted octanol–water partition coefficient (Wildman–Crippen LogP) is 0.0779. The first-order valence-electron chi connectivity index (χ1n) is 8.03. The number of hydrogen-bond acceptors (Lipinski definition) is 9. The predicted molar refractivity (Wildman–Crippen MR) is 82.8 cm³/mol. The SMILES string of the molecule is O=C(CC(=O)C(F)(F)F)[C](=O)[Al]([C](=O)C(=O)CC(=O)C(F)(F)F)[C](=O)C(=O)CC(=O)C(F)(F)F. The van der Waals surface area contributed by atoms with E-state index < -0.39 is 101 Å². The van der Waals surface area contributed by atoms with Crippen molar-refractivity contribution in [2.45, 2.75) is 37.8 Å². The lowest BCUT2D eigenvalue weighted by Gasteiger charge is -2.10. The highest BCUT2D eigenvalue weighted by Crippen LogP contribution is 2.21. The molecule has 0 fully saturated rings. The van der Waals surface area contributed by atoms with Gasteiger partial charge >= 0.3 is 32.7 Å². The Morgan fingerprint density at radius 3 is 0.735 bits per heavy atom. The van der Waals surface area contributed by atoms with E-state index in [4.69, 9.17) is 0 Å². The van der Waals surface area contributed by atoms with Gasteiger partial charge in [0.05, 0.1) is 19.3 Å². The molecule has 0 bridgehead atoms.